The molecule has 0 bridgehead atoms. The molecule has 2 aromatic carbocycles. The first-order chi connectivity index (χ1) is 13.4. The maximum absolute atomic E-state index is 12.4. The standard InChI is InChI=1S/C23H25N3O2/c1-15-6-5-7-16(2)22(15)25-21(27)14-24-23(28)19-10-12-20(13-11-19)26-17(3)8-9-18(26)4/h5-13H,14H2,1-4H3,(H,24,28)(H,25,27). The van der Waals surface area contributed by atoms with Crippen LogP contribution >= 0.6 is 0 Å². The summed E-state index contributed by atoms with van der Waals surface area (Å²) in [5, 5.41) is 5.55. The third-order valence-corrected chi connectivity index (χ3v) is 4.81. The molecule has 1 heterocycles. The Bertz CT molecular complexity index is 977. The van der Waals surface area contributed by atoms with Crippen LogP contribution < -0.4 is 10.6 Å². The van der Waals surface area contributed by atoms with Gasteiger partial charge in [0.25, 0.3) is 5.91 Å². The molecule has 5 nitrogen and oxygen atoms in total. The van der Waals surface area contributed by atoms with E-state index in [1.807, 2.05) is 58.0 Å². The Hall–Kier alpha value is -3.34. The third kappa shape index (κ3) is 4.14. The molecule has 0 saturated carbocycles. The molecule has 0 aliphatic rings. The van der Waals surface area contributed by atoms with Crippen LogP contribution in [-0.4, -0.2) is 22.9 Å². The summed E-state index contributed by atoms with van der Waals surface area (Å²) in [6.45, 7) is 7.89. The molecule has 1 aromatic heterocycles. The number of aryl methyl sites for hydroxylation is 4. The highest BCUT2D eigenvalue weighted by Crippen LogP contribution is 2.19. The van der Waals surface area contributed by atoms with Gasteiger partial charge in [0.15, 0.2) is 0 Å². The topological polar surface area (TPSA) is 63.1 Å². The largest absolute Gasteiger partial charge is 0.343 e. The van der Waals surface area contributed by atoms with Crippen LogP contribution in [-0.2, 0) is 4.79 Å². The normalized spacial score (nSPS) is 10.6. The fraction of sp³-hybridized carbons (Fsp3) is 0.217. The van der Waals surface area contributed by atoms with Gasteiger partial charge in [0.2, 0.25) is 5.91 Å². The van der Waals surface area contributed by atoms with E-state index in [0.717, 1.165) is 33.9 Å². The number of nitrogens with one attached hydrogen (secondary N) is 2. The second-order valence-electron chi connectivity index (χ2n) is 7.00. The molecule has 0 radical (unpaired) electrons. The molecule has 0 unspecified atom stereocenters. The van der Waals surface area contributed by atoms with Gasteiger partial charge in [-0.3, -0.25) is 9.59 Å². The van der Waals surface area contributed by atoms with Gasteiger partial charge in [0, 0.05) is 28.3 Å². The fourth-order valence-corrected chi connectivity index (χ4v) is 3.30. The molecule has 0 atom stereocenters. The van der Waals surface area contributed by atoms with E-state index in [1.54, 1.807) is 12.1 Å². The van der Waals surface area contributed by atoms with Crippen LogP contribution in [0.3, 0.4) is 0 Å². The maximum Gasteiger partial charge on any atom is 0.251 e. The number of carbonyl (C=O) groups excluding carboxylic acids is 2. The average Bonchev–Trinajstić information content (AvgIpc) is 3.01. The van der Waals surface area contributed by atoms with E-state index < -0.39 is 0 Å². The molecule has 3 aromatic rings. The van der Waals surface area contributed by atoms with Crippen molar-refractivity contribution in [3.8, 4) is 5.69 Å². The summed E-state index contributed by atoms with van der Waals surface area (Å²) in [5.41, 5.74) is 6.58. The first-order valence-corrected chi connectivity index (χ1v) is 9.26. The first kappa shape index (κ1) is 19.4. The molecule has 0 aliphatic carbocycles. The summed E-state index contributed by atoms with van der Waals surface area (Å²) in [7, 11) is 0. The van der Waals surface area contributed by atoms with E-state index in [1.165, 1.54) is 0 Å². The van der Waals surface area contributed by atoms with E-state index in [-0.39, 0.29) is 18.4 Å². The number of rotatable bonds is 5. The lowest BCUT2D eigenvalue weighted by Crippen LogP contribution is -2.33. The number of hydrogen-bond donors (Lipinski definition) is 2. The van der Waals surface area contributed by atoms with Crippen molar-refractivity contribution in [3.05, 3.63) is 82.7 Å². The zero-order valence-electron chi connectivity index (χ0n) is 16.7. The molecule has 2 amide bonds. The van der Waals surface area contributed by atoms with E-state index in [9.17, 15) is 9.59 Å². The summed E-state index contributed by atoms with van der Waals surface area (Å²) in [4.78, 5) is 24.6. The van der Waals surface area contributed by atoms with Crippen molar-refractivity contribution in [1.29, 1.82) is 0 Å². The number of para-hydroxylation sites is 1. The summed E-state index contributed by atoms with van der Waals surface area (Å²) < 4.78 is 2.12. The Morgan fingerprint density at radius 3 is 1.96 bits per heavy atom. The summed E-state index contributed by atoms with van der Waals surface area (Å²) in [6.07, 6.45) is 0. The molecule has 144 valence electrons. The Balaban J connectivity index is 1.61. The Labute approximate surface area is 165 Å². The van der Waals surface area contributed by atoms with Crippen LogP contribution in [0.2, 0.25) is 0 Å². The predicted octanol–water partition coefficient (Wildman–Crippen LogP) is 4.08. The zero-order valence-corrected chi connectivity index (χ0v) is 16.7. The van der Waals surface area contributed by atoms with E-state index in [2.05, 4.69) is 27.3 Å². The van der Waals surface area contributed by atoms with Crippen LogP contribution in [0.4, 0.5) is 5.69 Å². The highest BCUT2D eigenvalue weighted by atomic mass is 16.2. The zero-order chi connectivity index (χ0) is 20.3. The van der Waals surface area contributed by atoms with Crippen LogP contribution in [0.1, 0.15) is 32.9 Å². The molecule has 0 fully saturated rings. The van der Waals surface area contributed by atoms with Gasteiger partial charge < -0.3 is 15.2 Å². The van der Waals surface area contributed by atoms with Crippen molar-refractivity contribution < 1.29 is 9.59 Å². The van der Waals surface area contributed by atoms with Crippen LogP contribution in [0.5, 0.6) is 0 Å². The lowest BCUT2D eigenvalue weighted by Gasteiger charge is -2.12. The van der Waals surface area contributed by atoms with Gasteiger partial charge in [-0.25, -0.2) is 0 Å². The Morgan fingerprint density at radius 1 is 0.821 bits per heavy atom. The van der Waals surface area contributed by atoms with Crippen LogP contribution in [0, 0.1) is 27.7 Å². The lowest BCUT2D eigenvalue weighted by molar-refractivity contribution is -0.115. The van der Waals surface area contributed by atoms with Crippen molar-refractivity contribution in [2.24, 2.45) is 0 Å². The second-order valence-corrected chi connectivity index (χ2v) is 7.00. The Morgan fingerprint density at radius 2 is 1.39 bits per heavy atom. The molecule has 28 heavy (non-hydrogen) atoms. The number of anilines is 1. The minimum atomic E-state index is -0.274. The van der Waals surface area contributed by atoms with Crippen molar-refractivity contribution in [2.75, 3.05) is 11.9 Å². The van der Waals surface area contributed by atoms with Crippen LogP contribution in [0.25, 0.3) is 5.69 Å². The van der Waals surface area contributed by atoms with Crippen LogP contribution in [0.15, 0.2) is 54.6 Å². The predicted molar refractivity (Wildman–Crippen MR) is 112 cm³/mol. The Kier molecular flexibility index (Phi) is 5.64. The highest BCUT2D eigenvalue weighted by Gasteiger charge is 2.11. The molecular weight excluding hydrogens is 350 g/mol. The monoisotopic (exact) mass is 375 g/mol. The quantitative estimate of drug-likeness (QED) is 0.706. The third-order valence-electron chi connectivity index (χ3n) is 4.81. The van der Waals surface area contributed by atoms with E-state index in [4.69, 9.17) is 0 Å². The summed E-state index contributed by atoms with van der Waals surface area (Å²) >= 11 is 0. The number of aromatic nitrogens is 1. The van der Waals surface area contributed by atoms with Crippen molar-refractivity contribution in [3.63, 3.8) is 0 Å². The smallest absolute Gasteiger partial charge is 0.251 e. The number of hydrogen-bond acceptors (Lipinski definition) is 2. The molecule has 3 rings (SSSR count). The van der Waals surface area contributed by atoms with Crippen molar-refractivity contribution >= 4 is 17.5 Å². The molecule has 0 aliphatic heterocycles. The van der Waals surface area contributed by atoms with Gasteiger partial charge in [-0.15, -0.1) is 0 Å². The number of carbonyl (C=O) groups is 2. The minimum Gasteiger partial charge on any atom is -0.343 e. The van der Waals surface area contributed by atoms with E-state index in [0.29, 0.717) is 5.56 Å². The fourth-order valence-electron chi connectivity index (χ4n) is 3.30. The number of benzene rings is 2. The molecule has 0 saturated heterocycles. The number of amides is 2. The van der Waals surface area contributed by atoms with Gasteiger partial charge in [-0.05, 0) is 75.2 Å². The van der Waals surface area contributed by atoms with E-state index >= 15 is 0 Å². The number of nitrogens with zero attached hydrogens (tertiary/aromatic N) is 1. The first-order valence-electron chi connectivity index (χ1n) is 9.26. The highest BCUT2D eigenvalue weighted by molar-refractivity contribution is 5.99. The molecule has 2 N–H and O–H groups in total. The van der Waals surface area contributed by atoms with Gasteiger partial charge in [-0.1, -0.05) is 18.2 Å². The molecule has 5 heteroatoms. The lowest BCUT2D eigenvalue weighted by atomic mass is 10.1. The molecular formula is C23H25N3O2. The maximum atomic E-state index is 12.4. The van der Waals surface area contributed by atoms with Crippen molar-refractivity contribution in [1.82, 2.24) is 9.88 Å². The SMILES string of the molecule is Cc1cccc(C)c1NC(=O)CNC(=O)c1ccc(-n2c(C)ccc2C)cc1. The van der Waals surface area contributed by atoms with Crippen molar-refractivity contribution in [2.45, 2.75) is 27.7 Å². The summed E-state index contributed by atoms with van der Waals surface area (Å²) in [6, 6.07) is 17.3. The van der Waals surface area contributed by atoms with Gasteiger partial charge >= 0.3 is 0 Å². The van der Waals surface area contributed by atoms with Gasteiger partial charge in [0.1, 0.15) is 0 Å². The minimum absolute atomic E-state index is 0.0792. The van der Waals surface area contributed by atoms with Gasteiger partial charge in [-0.2, -0.15) is 0 Å². The summed E-state index contributed by atoms with van der Waals surface area (Å²) in [5.74, 6) is -0.523. The molecule has 0 spiro atoms. The average molecular weight is 375 g/mol. The van der Waals surface area contributed by atoms with Gasteiger partial charge in [0.05, 0.1) is 6.54 Å². The second kappa shape index (κ2) is 8.13.